The topological polar surface area (TPSA) is 60.3 Å². The Bertz CT molecular complexity index is 1140. The van der Waals surface area contributed by atoms with Gasteiger partial charge in [-0.3, -0.25) is 9.59 Å². The number of amides is 1. The number of carbonyl (C=O) groups is 1. The maximum absolute atomic E-state index is 13.1. The number of para-hydroxylation sites is 1. The van der Waals surface area contributed by atoms with E-state index in [0.29, 0.717) is 24.2 Å². The van der Waals surface area contributed by atoms with Crippen molar-refractivity contribution in [2.45, 2.75) is 26.1 Å². The summed E-state index contributed by atoms with van der Waals surface area (Å²) in [6, 6.07) is 10.3. The van der Waals surface area contributed by atoms with Crippen LogP contribution < -0.4 is 15.5 Å². The van der Waals surface area contributed by atoms with Crippen LogP contribution in [0.25, 0.3) is 10.9 Å². The zero-order valence-electron chi connectivity index (χ0n) is 16.5. The smallest absolute Gasteiger partial charge is 0.416 e. The molecule has 0 atom stereocenters. The molecule has 1 amide bonds. The van der Waals surface area contributed by atoms with Crippen molar-refractivity contribution < 1.29 is 22.7 Å². The molecule has 0 bridgehead atoms. The number of fused-ring (bicyclic) bond motifs is 1. The number of nitrogens with zero attached hydrogens (tertiary/aromatic N) is 1. The highest BCUT2D eigenvalue weighted by molar-refractivity contribution is 5.97. The number of hydrogen-bond donors (Lipinski definition) is 1. The molecule has 0 aliphatic rings. The summed E-state index contributed by atoms with van der Waals surface area (Å²) < 4.78 is 46.1. The number of aryl methyl sites for hydroxylation is 1. The predicted octanol–water partition coefficient (Wildman–Crippen LogP) is 4.02. The van der Waals surface area contributed by atoms with E-state index in [4.69, 9.17) is 4.74 Å². The zero-order valence-corrected chi connectivity index (χ0v) is 16.5. The third kappa shape index (κ3) is 4.32. The van der Waals surface area contributed by atoms with E-state index in [2.05, 4.69) is 5.32 Å². The first-order valence-corrected chi connectivity index (χ1v) is 9.40. The van der Waals surface area contributed by atoms with Gasteiger partial charge in [0.2, 0.25) is 5.43 Å². The van der Waals surface area contributed by atoms with Crippen LogP contribution in [-0.4, -0.2) is 24.1 Å². The summed E-state index contributed by atoms with van der Waals surface area (Å²) in [4.78, 5) is 25.4. The standard InChI is InChI=1S/C22H21F3N2O3/c1-3-27-13-17(20(28)16-12-15(22(23,24)25)8-9-18(16)27)21(29)26-11-10-14-6-4-5-7-19(14)30-2/h4-9,12-13H,3,10-11H2,1-2H3,(H,26,29). The first-order chi connectivity index (χ1) is 14.3. The summed E-state index contributed by atoms with van der Waals surface area (Å²) in [5.74, 6) is 0.0573. The fourth-order valence-electron chi connectivity index (χ4n) is 3.31. The third-order valence-corrected chi connectivity index (χ3v) is 4.87. The van der Waals surface area contributed by atoms with Crippen LogP contribution in [0.5, 0.6) is 5.75 Å². The van der Waals surface area contributed by atoms with Crippen molar-refractivity contribution in [3.63, 3.8) is 0 Å². The average Bonchev–Trinajstić information content (AvgIpc) is 2.73. The van der Waals surface area contributed by atoms with Crippen molar-refractivity contribution in [2.24, 2.45) is 0 Å². The van der Waals surface area contributed by atoms with Gasteiger partial charge in [0.25, 0.3) is 5.91 Å². The van der Waals surface area contributed by atoms with Gasteiger partial charge >= 0.3 is 6.18 Å². The molecule has 0 fully saturated rings. The van der Waals surface area contributed by atoms with E-state index in [1.54, 1.807) is 24.7 Å². The van der Waals surface area contributed by atoms with Crippen LogP contribution in [0.3, 0.4) is 0 Å². The average molecular weight is 418 g/mol. The number of benzene rings is 2. The fourth-order valence-corrected chi connectivity index (χ4v) is 3.31. The number of aromatic nitrogens is 1. The highest BCUT2D eigenvalue weighted by Crippen LogP contribution is 2.30. The van der Waals surface area contributed by atoms with Gasteiger partial charge in [-0.2, -0.15) is 13.2 Å². The number of nitrogens with one attached hydrogen (secondary N) is 1. The van der Waals surface area contributed by atoms with E-state index in [1.165, 1.54) is 12.3 Å². The molecule has 0 aliphatic carbocycles. The second-order valence-corrected chi connectivity index (χ2v) is 6.71. The molecule has 158 valence electrons. The van der Waals surface area contributed by atoms with Crippen molar-refractivity contribution in [3.8, 4) is 5.75 Å². The molecule has 0 saturated heterocycles. The van der Waals surface area contributed by atoms with Gasteiger partial charge in [0, 0.05) is 24.7 Å². The normalized spacial score (nSPS) is 11.5. The molecule has 0 radical (unpaired) electrons. The number of methoxy groups -OCH3 is 1. The quantitative estimate of drug-likeness (QED) is 0.658. The lowest BCUT2D eigenvalue weighted by Crippen LogP contribution is -2.31. The van der Waals surface area contributed by atoms with Crippen molar-refractivity contribution in [1.29, 1.82) is 0 Å². The second kappa shape index (κ2) is 8.61. The maximum atomic E-state index is 13.1. The lowest BCUT2D eigenvalue weighted by Gasteiger charge is -2.14. The Morgan fingerprint density at radius 2 is 1.90 bits per heavy atom. The first-order valence-electron chi connectivity index (χ1n) is 9.40. The van der Waals surface area contributed by atoms with E-state index >= 15 is 0 Å². The summed E-state index contributed by atoms with van der Waals surface area (Å²) >= 11 is 0. The summed E-state index contributed by atoms with van der Waals surface area (Å²) in [7, 11) is 1.55. The monoisotopic (exact) mass is 418 g/mol. The van der Waals surface area contributed by atoms with Crippen molar-refractivity contribution >= 4 is 16.8 Å². The molecule has 0 aliphatic heterocycles. The molecule has 0 unspecified atom stereocenters. The van der Waals surface area contributed by atoms with Gasteiger partial charge in [-0.05, 0) is 43.2 Å². The van der Waals surface area contributed by atoms with E-state index in [0.717, 1.165) is 17.7 Å². The van der Waals surface area contributed by atoms with E-state index < -0.39 is 23.1 Å². The van der Waals surface area contributed by atoms with E-state index in [1.807, 2.05) is 18.2 Å². The fraction of sp³-hybridized carbons (Fsp3) is 0.273. The SMILES string of the molecule is CCn1cc(C(=O)NCCc2ccccc2OC)c(=O)c2cc(C(F)(F)F)ccc21. The summed E-state index contributed by atoms with van der Waals surface area (Å²) in [6.07, 6.45) is -2.72. The Hall–Kier alpha value is -3.29. The van der Waals surface area contributed by atoms with Gasteiger partial charge in [0.15, 0.2) is 0 Å². The van der Waals surface area contributed by atoms with Crippen LogP contribution in [0.1, 0.15) is 28.4 Å². The highest BCUT2D eigenvalue weighted by Gasteiger charge is 2.31. The second-order valence-electron chi connectivity index (χ2n) is 6.71. The number of carbonyl (C=O) groups excluding carboxylic acids is 1. The largest absolute Gasteiger partial charge is 0.496 e. The molecular weight excluding hydrogens is 397 g/mol. The van der Waals surface area contributed by atoms with Crippen molar-refractivity contribution in [3.05, 3.63) is 75.6 Å². The van der Waals surface area contributed by atoms with Gasteiger partial charge in [-0.1, -0.05) is 18.2 Å². The maximum Gasteiger partial charge on any atom is 0.416 e. The molecule has 8 heteroatoms. The van der Waals surface area contributed by atoms with Gasteiger partial charge in [-0.25, -0.2) is 0 Å². The highest BCUT2D eigenvalue weighted by atomic mass is 19.4. The van der Waals surface area contributed by atoms with Crippen molar-refractivity contribution in [1.82, 2.24) is 9.88 Å². The molecule has 0 spiro atoms. The molecule has 2 aromatic carbocycles. The van der Waals surface area contributed by atoms with Crippen LogP contribution in [0.2, 0.25) is 0 Å². The third-order valence-electron chi connectivity index (χ3n) is 4.87. The van der Waals surface area contributed by atoms with Gasteiger partial charge in [-0.15, -0.1) is 0 Å². The number of hydrogen-bond acceptors (Lipinski definition) is 3. The van der Waals surface area contributed by atoms with Crippen molar-refractivity contribution in [2.75, 3.05) is 13.7 Å². The Balaban J connectivity index is 1.89. The van der Waals surface area contributed by atoms with Gasteiger partial charge in [0.05, 0.1) is 18.2 Å². The molecule has 1 heterocycles. The van der Waals surface area contributed by atoms with E-state index in [9.17, 15) is 22.8 Å². The molecule has 30 heavy (non-hydrogen) atoms. The summed E-state index contributed by atoms with van der Waals surface area (Å²) in [6.45, 7) is 2.42. The lowest BCUT2D eigenvalue weighted by atomic mass is 10.1. The molecule has 0 saturated carbocycles. The number of halogens is 3. The minimum Gasteiger partial charge on any atom is -0.496 e. The minimum atomic E-state index is -4.58. The van der Waals surface area contributed by atoms with Gasteiger partial charge in [0.1, 0.15) is 11.3 Å². The first kappa shape index (κ1) is 21.4. The molecule has 5 nitrogen and oxygen atoms in total. The molecule has 3 aromatic rings. The Morgan fingerprint density at radius 1 is 1.17 bits per heavy atom. The van der Waals surface area contributed by atoms with E-state index in [-0.39, 0.29) is 17.5 Å². The number of alkyl halides is 3. The number of rotatable bonds is 6. The van der Waals surface area contributed by atoms with Crippen LogP contribution in [0, 0.1) is 0 Å². The van der Waals surface area contributed by atoms with Crippen LogP contribution in [0.4, 0.5) is 13.2 Å². The summed E-state index contributed by atoms with van der Waals surface area (Å²) in [5.41, 5.74) is -0.608. The minimum absolute atomic E-state index is 0.135. The Morgan fingerprint density at radius 3 is 2.57 bits per heavy atom. The summed E-state index contributed by atoms with van der Waals surface area (Å²) in [5, 5.41) is 2.54. The number of pyridine rings is 1. The molecule has 1 N–H and O–H groups in total. The molecule has 3 rings (SSSR count). The van der Waals surface area contributed by atoms with Gasteiger partial charge < -0.3 is 14.6 Å². The molecule has 1 aromatic heterocycles. The zero-order chi connectivity index (χ0) is 21.9. The Kier molecular flexibility index (Phi) is 6.14. The van der Waals surface area contributed by atoms with Crippen LogP contribution in [0.15, 0.2) is 53.5 Å². The molecular formula is C22H21F3N2O3. The number of ether oxygens (including phenoxy) is 1. The van der Waals surface area contributed by atoms with Crippen LogP contribution in [-0.2, 0) is 19.1 Å². The predicted molar refractivity (Wildman–Crippen MR) is 108 cm³/mol. The van der Waals surface area contributed by atoms with Crippen LogP contribution >= 0.6 is 0 Å². The lowest BCUT2D eigenvalue weighted by molar-refractivity contribution is -0.137. The Labute approximate surface area is 171 Å².